The molecule has 1 aliphatic rings. The van der Waals surface area contributed by atoms with E-state index in [9.17, 15) is 9.59 Å². The van der Waals surface area contributed by atoms with E-state index >= 15 is 0 Å². The lowest BCUT2D eigenvalue weighted by Gasteiger charge is -2.33. The minimum absolute atomic E-state index is 0.175. The Morgan fingerprint density at radius 2 is 1.63 bits per heavy atom. The Bertz CT molecular complexity index is 1460. The second-order valence-electron chi connectivity index (χ2n) is 10.4. The van der Waals surface area contributed by atoms with Crippen LogP contribution in [-0.4, -0.2) is 50.2 Å². The number of aromatic nitrogens is 3. The molecule has 3 N–H and O–H groups in total. The maximum Gasteiger partial charge on any atom is 0.410 e. The molecule has 0 radical (unpaired) electrons. The number of amides is 2. The molecule has 4 aromatic rings. The highest BCUT2D eigenvalue weighted by molar-refractivity contribution is 6.30. The molecule has 0 atom stereocenters. The molecule has 198 valence electrons. The molecule has 10 heteroatoms. The van der Waals surface area contributed by atoms with Gasteiger partial charge in [0.1, 0.15) is 22.8 Å². The molecule has 2 aromatic carbocycles. The average molecular weight is 536 g/mol. The highest BCUT2D eigenvalue weighted by Crippen LogP contribution is 2.34. The number of piperidine rings is 1. The number of fused-ring (bicyclic) bond motifs is 1. The van der Waals surface area contributed by atoms with Gasteiger partial charge >= 0.3 is 6.09 Å². The maximum atomic E-state index is 12.5. The third-order valence-corrected chi connectivity index (χ3v) is 6.73. The fourth-order valence-electron chi connectivity index (χ4n) is 4.69. The van der Waals surface area contributed by atoms with Gasteiger partial charge in [-0.15, -0.1) is 0 Å². The molecule has 1 aliphatic heterocycles. The van der Waals surface area contributed by atoms with Crippen molar-refractivity contribution in [1.82, 2.24) is 19.5 Å². The molecular weight excluding hydrogens is 506 g/mol. The third kappa shape index (κ3) is 5.33. The van der Waals surface area contributed by atoms with Gasteiger partial charge in [-0.1, -0.05) is 11.6 Å². The zero-order valence-electron chi connectivity index (χ0n) is 21.5. The number of aromatic amines is 1. The molecular formula is C28H30ClN5O4. The molecule has 5 rings (SSSR count). The fourth-order valence-corrected chi connectivity index (χ4v) is 4.81. The molecule has 38 heavy (non-hydrogen) atoms. The molecule has 3 heterocycles. The van der Waals surface area contributed by atoms with Crippen LogP contribution < -0.4 is 10.5 Å². The summed E-state index contributed by atoms with van der Waals surface area (Å²) in [6.45, 7) is 6.76. The largest absolute Gasteiger partial charge is 0.457 e. The molecule has 9 nitrogen and oxygen atoms in total. The van der Waals surface area contributed by atoms with Crippen molar-refractivity contribution in [2.45, 2.75) is 45.1 Å². The van der Waals surface area contributed by atoms with Crippen molar-refractivity contribution in [1.29, 1.82) is 0 Å². The number of hydrogen-bond donors (Lipinski definition) is 2. The number of nitrogens with two attached hydrogens (primary N) is 1. The summed E-state index contributed by atoms with van der Waals surface area (Å²) in [6, 6.07) is 14.4. The van der Waals surface area contributed by atoms with Crippen LogP contribution in [0.15, 0.2) is 54.7 Å². The minimum Gasteiger partial charge on any atom is -0.457 e. The zero-order chi connectivity index (χ0) is 27.0. The molecule has 0 saturated carbocycles. The van der Waals surface area contributed by atoms with E-state index in [2.05, 4.69) is 5.10 Å². The Balaban J connectivity index is 1.37. The number of hydrogen-bond acceptors (Lipinski definition) is 5. The summed E-state index contributed by atoms with van der Waals surface area (Å²) >= 11 is 5.94. The van der Waals surface area contributed by atoms with E-state index in [1.54, 1.807) is 33.7 Å². The Labute approximate surface area is 225 Å². The highest BCUT2D eigenvalue weighted by atomic mass is 35.5. The summed E-state index contributed by atoms with van der Waals surface area (Å²) in [5, 5.41) is 3.79. The summed E-state index contributed by atoms with van der Waals surface area (Å²) in [4.78, 5) is 31.5. The Morgan fingerprint density at radius 1 is 1.03 bits per heavy atom. The summed E-state index contributed by atoms with van der Waals surface area (Å²) in [7, 11) is 0. The first-order valence-electron chi connectivity index (χ1n) is 12.5. The maximum absolute atomic E-state index is 12.5. The van der Waals surface area contributed by atoms with E-state index in [1.807, 2.05) is 51.2 Å². The number of H-pyrrole nitrogens is 1. The van der Waals surface area contributed by atoms with Gasteiger partial charge in [0, 0.05) is 35.4 Å². The van der Waals surface area contributed by atoms with Crippen LogP contribution in [0.25, 0.3) is 16.9 Å². The predicted molar refractivity (Wildman–Crippen MR) is 145 cm³/mol. The topological polar surface area (TPSA) is 115 Å². The van der Waals surface area contributed by atoms with Crippen LogP contribution in [0.3, 0.4) is 0 Å². The lowest BCUT2D eigenvalue weighted by molar-refractivity contribution is 0.0205. The molecule has 1 saturated heterocycles. The highest BCUT2D eigenvalue weighted by Gasteiger charge is 2.30. The number of carbonyl (C=O) groups is 2. The van der Waals surface area contributed by atoms with Crippen molar-refractivity contribution in [3.05, 3.63) is 71.0 Å². The number of benzene rings is 2. The number of rotatable bonds is 5. The van der Waals surface area contributed by atoms with Crippen molar-refractivity contribution < 1.29 is 19.1 Å². The number of imidazole rings is 1. The van der Waals surface area contributed by atoms with Gasteiger partial charge in [0.15, 0.2) is 11.3 Å². The summed E-state index contributed by atoms with van der Waals surface area (Å²) in [5.74, 6) is 0.896. The first kappa shape index (κ1) is 25.7. The molecule has 0 bridgehead atoms. The minimum atomic E-state index is -0.581. The van der Waals surface area contributed by atoms with Gasteiger partial charge in [-0.25, -0.2) is 14.3 Å². The van der Waals surface area contributed by atoms with Crippen LogP contribution in [0.2, 0.25) is 5.02 Å². The van der Waals surface area contributed by atoms with Crippen LogP contribution in [0.5, 0.6) is 11.5 Å². The van der Waals surface area contributed by atoms with E-state index < -0.39 is 11.5 Å². The first-order chi connectivity index (χ1) is 18.1. The molecule has 2 amide bonds. The van der Waals surface area contributed by atoms with E-state index in [0.29, 0.717) is 41.0 Å². The zero-order valence-corrected chi connectivity index (χ0v) is 22.3. The van der Waals surface area contributed by atoms with Crippen LogP contribution in [0.1, 0.15) is 55.6 Å². The van der Waals surface area contributed by atoms with E-state index in [0.717, 1.165) is 24.0 Å². The summed E-state index contributed by atoms with van der Waals surface area (Å²) in [6.07, 6.45) is 3.10. The van der Waals surface area contributed by atoms with Crippen LogP contribution in [0.4, 0.5) is 4.79 Å². The fraction of sp³-hybridized carbons (Fsp3) is 0.321. The lowest BCUT2D eigenvalue weighted by Crippen LogP contribution is -2.41. The predicted octanol–water partition coefficient (Wildman–Crippen LogP) is 5.99. The second-order valence-corrected chi connectivity index (χ2v) is 10.8. The van der Waals surface area contributed by atoms with Gasteiger partial charge in [0.25, 0.3) is 5.91 Å². The first-order valence-corrected chi connectivity index (χ1v) is 12.9. The second kappa shape index (κ2) is 10.1. The van der Waals surface area contributed by atoms with Crippen molar-refractivity contribution in [3.8, 4) is 22.8 Å². The summed E-state index contributed by atoms with van der Waals surface area (Å²) < 4.78 is 13.0. The number of halogens is 1. The standard InChI is InChI=1S/C28H30ClN5O4/c1-28(2,3)38-27(36)33-14-12-17(13-15-33)22-16-31-34-24(25(30)35)23(32-26(22)34)18-4-8-20(9-5-18)37-21-10-6-19(29)7-11-21/h4-11,16-17,31H,12-15H2,1-3H3,(H2,30,35). The molecule has 0 aliphatic carbocycles. The smallest absolute Gasteiger partial charge is 0.410 e. The molecule has 1 fully saturated rings. The normalized spacial score (nSPS) is 14.6. The van der Waals surface area contributed by atoms with E-state index in [4.69, 9.17) is 31.8 Å². The Hall–Kier alpha value is -3.98. The van der Waals surface area contributed by atoms with Gasteiger partial charge in [0.05, 0.1) is 0 Å². The van der Waals surface area contributed by atoms with Gasteiger partial charge in [-0.3, -0.25) is 9.89 Å². The SMILES string of the molecule is CC(C)(C)OC(=O)N1CCC(c2c[nH]n3c(C(N)=O)c(-c4ccc(Oc5ccc(Cl)cc5)cc4)nc23)CC1. The number of carbonyl (C=O) groups excluding carboxylic acids is 2. The number of ether oxygens (including phenoxy) is 2. The molecule has 0 spiro atoms. The number of likely N-dealkylation sites (tertiary alicyclic amines) is 1. The Kier molecular flexibility index (Phi) is 6.79. The van der Waals surface area contributed by atoms with E-state index in [-0.39, 0.29) is 17.7 Å². The van der Waals surface area contributed by atoms with Crippen LogP contribution >= 0.6 is 11.6 Å². The van der Waals surface area contributed by atoms with Crippen molar-refractivity contribution in [2.24, 2.45) is 5.73 Å². The van der Waals surface area contributed by atoms with Gasteiger partial charge in [-0.2, -0.15) is 0 Å². The lowest BCUT2D eigenvalue weighted by atomic mass is 9.91. The quantitative estimate of drug-likeness (QED) is 0.326. The van der Waals surface area contributed by atoms with E-state index in [1.165, 1.54) is 0 Å². The average Bonchev–Trinajstić information content (AvgIpc) is 3.44. The van der Waals surface area contributed by atoms with Crippen LogP contribution in [-0.2, 0) is 4.74 Å². The number of nitrogens with zero attached hydrogens (tertiary/aromatic N) is 3. The third-order valence-electron chi connectivity index (χ3n) is 6.48. The van der Waals surface area contributed by atoms with Gasteiger partial charge in [0.2, 0.25) is 0 Å². The van der Waals surface area contributed by atoms with Crippen LogP contribution in [0, 0.1) is 0 Å². The van der Waals surface area contributed by atoms with Gasteiger partial charge < -0.3 is 20.1 Å². The molecule has 2 aromatic heterocycles. The molecule has 0 unspecified atom stereocenters. The Morgan fingerprint density at radius 3 is 2.21 bits per heavy atom. The monoisotopic (exact) mass is 535 g/mol. The van der Waals surface area contributed by atoms with Gasteiger partial charge in [-0.05, 0) is 88.1 Å². The summed E-state index contributed by atoms with van der Waals surface area (Å²) in [5.41, 5.74) is 8.42. The number of nitrogens with one attached hydrogen (secondary N) is 1. The van der Waals surface area contributed by atoms with Crippen molar-refractivity contribution >= 4 is 29.2 Å². The van der Waals surface area contributed by atoms with Crippen molar-refractivity contribution in [2.75, 3.05) is 13.1 Å². The van der Waals surface area contributed by atoms with Crippen molar-refractivity contribution in [3.63, 3.8) is 0 Å². The number of primary amides is 1.